The number of thiophene rings is 1. The molecule has 4 rings (SSSR count). The normalized spacial score (nSPS) is 23.2. The van der Waals surface area contributed by atoms with Gasteiger partial charge in [0.05, 0.1) is 4.88 Å². The Morgan fingerprint density at radius 3 is 2.50 bits per heavy atom. The summed E-state index contributed by atoms with van der Waals surface area (Å²) in [5.74, 6) is -3.60. The third-order valence-electron chi connectivity index (χ3n) is 5.51. The Morgan fingerprint density at radius 1 is 1.25 bits per heavy atom. The van der Waals surface area contributed by atoms with Crippen LogP contribution in [0.5, 0.6) is 0 Å². The second-order valence-corrected chi connectivity index (χ2v) is 10.4. The number of nitrogens with one attached hydrogen (secondary N) is 1. The molecule has 1 fully saturated rings. The van der Waals surface area contributed by atoms with Crippen LogP contribution in [0.1, 0.15) is 30.6 Å². The Morgan fingerprint density at radius 2 is 1.94 bits per heavy atom. The molecule has 0 aliphatic heterocycles. The molecule has 1 saturated carbocycles. The second kappa shape index (κ2) is 7.71. The van der Waals surface area contributed by atoms with Crippen LogP contribution in [0.2, 0.25) is 0 Å². The first-order valence-electron chi connectivity index (χ1n) is 9.47. The smallest absolute Gasteiger partial charge is 0.452 e. The van der Waals surface area contributed by atoms with Gasteiger partial charge in [0.15, 0.2) is 0 Å². The number of sulfonamides is 1. The lowest BCUT2D eigenvalue weighted by Gasteiger charge is -2.15. The Labute approximate surface area is 184 Å². The lowest BCUT2D eigenvalue weighted by molar-refractivity contribution is -0.155. The molecule has 2 N–H and O–H groups in total. The topological polar surface area (TPSA) is 110 Å². The fourth-order valence-electron chi connectivity index (χ4n) is 4.05. The summed E-state index contributed by atoms with van der Waals surface area (Å²) in [5.41, 5.74) is -1.17. The molecule has 0 bridgehead atoms. The number of carboxylic acid groups (broad SMARTS) is 1. The van der Waals surface area contributed by atoms with E-state index in [1.165, 1.54) is 12.1 Å². The van der Waals surface area contributed by atoms with E-state index in [1.807, 2.05) is 0 Å². The van der Waals surface area contributed by atoms with E-state index in [1.54, 1.807) is 37.3 Å². The Hall–Kier alpha value is -2.70. The van der Waals surface area contributed by atoms with E-state index in [0.717, 1.165) is 0 Å². The first-order valence-corrected chi connectivity index (χ1v) is 11.8. The van der Waals surface area contributed by atoms with Gasteiger partial charge in [-0.2, -0.15) is 17.9 Å². The third-order valence-corrected chi connectivity index (χ3v) is 8.60. The molecule has 7 nitrogen and oxygen atoms in total. The van der Waals surface area contributed by atoms with Crippen molar-refractivity contribution in [1.82, 2.24) is 9.88 Å². The second-order valence-electron chi connectivity index (χ2n) is 7.38. The van der Waals surface area contributed by atoms with Crippen molar-refractivity contribution in [2.75, 3.05) is 0 Å². The van der Waals surface area contributed by atoms with Crippen molar-refractivity contribution in [2.45, 2.75) is 35.2 Å². The molecule has 2 aromatic heterocycles. The van der Waals surface area contributed by atoms with Crippen molar-refractivity contribution >= 4 is 27.3 Å². The number of hydrogen-bond donors (Lipinski definition) is 2. The minimum absolute atomic E-state index is 0.136. The van der Waals surface area contributed by atoms with E-state index in [9.17, 15) is 31.5 Å². The molecule has 3 aromatic rings. The molecule has 32 heavy (non-hydrogen) atoms. The fourth-order valence-corrected chi connectivity index (χ4v) is 6.73. The Kier molecular flexibility index (Phi) is 5.42. The first-order chi connectivity index (χ1) is 15.0. The summed E-state index contributed by atoms with van der Waals surface area (Å²) in [6.45, 7) is 1.78. The molecule has 1 aromatic carbocycles. The summed E-state index contributed by atoms with van der Waals surface area (Å²) in [6, 6.07) is 11.9. The van der Waals surface area contributed by atoms with Crippen LogP contribution in [0.3, 0.4) is 0 Å². The molecule has 3 atom stereocenters. The van der Waals surface area contributed by atoms with E-state index in [0.29, 0.717) is 29.4 Å². The van der Waals surface area contributed by atoms with Crippen LogP contribution < -0.4 is 4.72 Å². The van der Waals surface area contributed by atoms with Gasteiger partial charge in [-0.3, -0.25) is 4.79 Å². The molecule has 0 saturated heterocycles. The molecule has 1 aliphatic rings. The van der Waals surface area contributed by atoms with Gasteiger partial charge in [-0.15, -0.1) is 11.3 Å². The zero-order chi connectivity index (χ0) is 23.3. The molecule has 170 valence electrons. The SMILES string of the molecule is CC[C@H]1[C@@H](c2ccccc2)[C@@]1(NS(=O)(=O)c1ccc(-c2cc(C(F)(F)F)on2)s1)C(=O)O. The number of alkyl halides is 3. The first kappa shape index (κ1) is 22.5. The number of benzene rings is 1. The maximum Gasteiger partial charge on any atom is 0.452 e. The number of halogens is 3. The summed E-state index contributed by atoms with van der Waals surface area (Å²) in [7, 11) is -4.29. The van der Waals surface area contributed by atoms with Crippen molar-refractivity contribution in [2.24, 2.45) is 5.92 Å². The Bertz CT molecular complexity index is 1250. The highest BCUT2D eigenvalue weighted by atomic mass is 32.2. The zero-order valence-corrected chi connectivity index (χ0v) is 18.1. The largest absolute Gasteiger partial charge is 0.480 e. The van der Waals surface area contributed by atoms with Crippen LogP contribution in [-0.2, 0) is 21.0 Å². The lowest BCUT2D eigenvalue weighted by atomic mass is 10.1. The summed E-state index contributed by atoms with van der Waals surface area (Å²) in [4.78, 5) is 12.4. The monoisotopic (exact) mass is 486 g/mol. The van der Waals surface area contributed by atoms with Crippen molar-refractivity contribution in [1.29, 1.82) is 0 Å². The number of carboxylic acids is 1. The quantitative estimate of drug-likeness (QED) is 0.514. The van der Waals surface area contributed by atoms with Crippen molar-refractivity contribution in [3.05, 3.63) is 59.9 Å². The van der Waals surface area contributed by atoms with Crippen molar-refractivity contribution < 1.29 is 36.0 Å². The molecule has 0 unspecified atom stereocenters. The molecule has 0 radical (unpaired) electrons. The van der Waals surface area contributed by atoms with Gasteiger partial charge in [-0.25, -0.2) is 8.42 Å². The predicted octanol–water partition coefficient (Wildman–Crippen LogP) is 4.35. The third kappa shape index (κ3) is 3.71. The van der Waals surface area contributed by atoms with Crippen molar-refractivity contribution in [3.8, 4) is 10.6 Å². The van der Waals surface area contributed by atoms with Crippen molar-refractivity contribution in [3.63, 3.8) is 0 Å². The number of carbonyl (C=O) groups is 1. The van der Waals surface area contributed by atoms with Crippen LogP contribution in [0.4, 0.5) is 13.2 Å². The number of rotatable bonds is 7. The summed E-state index contributed by atoms with van der Waals surface area (Å²) in [5, 5.41) is 13.3. The van der Waals surface area contributed by atoms with Crippen LogP contribution in [0, 0.1) is 5.92 Å². The maximum atomic E-state index is 13.1. The highest BCUT2D eigenvalue weighted by Gasteiger charge is 2.71. The molecular formula is C20H17F3N2O5S2. The van der Waals surface area contributed by atoms with E-state index < -0.39 is 45.3 Å². The highest BCUT2D eigenvalue weighted by Crippen LogP contribution is 2.60. The van der Waals surface area contributed by atoms with E-state index >= 15 is 0 Å². The minimum Gasteiger partial charge on any atom is -0.480 e. The maximum absolute atomic E-state index is 13.1. The predicted molar refractivity (Wildman–Crippen MR) is 108 cm³/mol. The van der Waals surface area contributed by atoms with Crippen LogP contribution in [0.15, 0.2) is 57.3 Å². The van der Waals surface area contributed by atoms with E-state index in [2.05, 4.69) is 14.4 Å². The lowest BCUT2D eigenvalue weighted by Crippen LogP contribution is -2.45. The van der Waals surface area contributed by atoms with Gasteiger partial charge in [0.25, 0.3) is 10.0 Å². The van der Waals surface area contributed by atoms with Gasteiger partial charge in [0, 0.05) is 12.0 Å². The highest BCUT2D eigenvalue weighted by molar-refractivity contribution is 7.91. The summed E-state index contributed by atoms with van der Waals surface area (Å²) >= 11 is 0.670. The molecule has 0 amide bonds. The van der Waals surface area contributed by atoms with Crippen LogP contribution in [0.25, 0.3) is 10.6 Å². The van der Waals surface area contributed by atoms with Gasteiger partial charge >= 0.3 is 12.1 Å². The zero-order valence-electron chi connectivity index (χ0n) is 16.5. The van der Waals surface area contributed by atoms with Gasteiger partial charge in [-0.1, -0.05) is 48.8 Å². The average molecular weight is 486 g/mol. The molecular weight excluding hydrogens is 469 g/mol. The summed E-state index contributed by atoms with van der Waals surface area (Å²) in [6.07, 6.45) is -4.29. The Balaban J connectivity index is 1.64. The average Bonchev–Trinajstić information content (AvgIpc) is 3.13. The van der Waals surface area contributed by atoms with E-state index in [4.69, 9.17) is 0 Å². The minimum atomic E-state index is -4.72. The fraction of sp³-hybridized carbons (Fsp3) is 0.300. The standard InChI is InChI=1S/C20H17F3N2O5S2/c1-2-12-17(11-6-4-3-5-7-11)19(12,18(26)27)25-32(28,29)16-9-8-14(31-16)13-10-15(30-24-13)20(21,22)23/h3-10,12,17,25H,2H2,1H3,(H,26,27)/t12-,17+,19+/m0/s1. The van der Waals surface area contributed by atoms with E-state index in [-0.39, 0.29) is 14.8 Å². The van der Waals surface area contributed by atoms with Gasteiger partial charge < -0.3 is 9.63 Å². The summed E-state index contributed by atoms with van der Waals surface area (Å²) < 4.78 is 70.7. The number of hydrogen-bond acceptors (Lipinski definition) is 6. The van der Waals surface area contributed by atoms with Gasteiger partial charge in [0.1, 0.15) is 15.4 Å². The molecule has 12 heteroatoms. The van der Waals surface area contributed by atoms with Crippen LogP contribution >= 0.6 is 11.3 Å². The molecule has 1 aliphatic carbocycles. The number of nitrogens with zero attached hydrogens (tertiary/aromatic N) is 1. The number of aromatic nitrogens is 1. The van der Waals surface area contributed by atoms with Gasteiger partial charge in [0.2, 0.25) is 5.76 Å². The van der Waals surface area contributed by atoms with Gasteiger partial charge in [-0.05, 0) is 23.6 Å². The molecule has 0 spiro atoms. The number of aliphatic carboxylic acids is 1. The molecule has 2 heterocycles. The van der Waals surface area contributed by atoms with Crippen LogP contribution in [-0.4, -0.2) is 30.2 Å².